The molecule has 0 aliphatic rings. The number of guanidine groups is 1. The van der Waals surface area contributed by atoms with Gasteiger partial charge in [-0.15, -0.1) is 0 Å². The second-order valence-electron chi connectivity index (χ2n) is 6.23. The summed E-state index contributed by atoms with van der Waals surface area (Å²) in [7, 11) is 4.15. The van der Waals surface area contributed by atoms with Gasteiger partial charge in [-0.3, -0.25) is 4.99 Å². The molecule has 0 fully saturated rings. The lowest BCUT2D eigenvalue weighted by Gasteiger charge is -2.22. The number of aromatic nitrogens is 3. The third kappa shape index (κ3) is 5.92. The van der Waals surface area contributed by atoms with Crippen molar-refractivity contribution in [2.75, 3.05) is 20.1 Å². The Balaban J connectivity index is 1.84. The van der Waals surface area contributed by atoms with Crippen molar-refractivity contribution < 1.29 is 0 Å². The number of hydrogen-bond donors (Lipinski definition) is 1. The van der Waals surface area contributed by atoms with Crippen molar-refractivity contribution >= 4 is 21.9 Å². The molecule has 0 atom stereocenters. The summed E-state index contributed by atoms with van der Waals surface area (Å²) in [6.45, 7) is 7.67. The minimum atomic E-state index is 0.822. The average Bonchev–Trinajstić information content (AvgIpc) is 3.11. The quantitative estimate of drug-likeness (QED) is 0.414. The van der Waals surface area contributed by atoms with Gasteiger partial charge in [-0.05, 0) is 48.7 Å². The highest BCUT2D eigenvalue weighted by Crippen LogP contribution is 2.15. The number of halogens is 1. The van der Waals surface area contributed by atoms with Gasteiger partial charge in [-0.2, -0.15) is 0 Å². The number of nitrogens with one attached hydrogen (secondary N) is 1. The molecule has 25 heavy (non-hydrogen) atoms. The van der Waals surface area contributed by atoms with E-state index in [9.17, 15) is 0 Å². The van der Waals surface area contributed by atoms with Gasteiger partial charge in [0.2, 0.25) is 0 Å². The summed E-state index contributed by atoms with van der Waals surface area (Å²) in [6.07, 6.45) is 8.14. The molecule has 6 nitrogen and oxygen atoms in total. The molecule has 0 bridgehead atoms. The molecular formula is C18H29BrN6. The Bertz CT molecular complexity index is 688. The molecule has 1 N–H and O–H groups in total. The summed E-state index contributed by atoms with van der Waals surface area (Å²) < 4.78 is 5.43. The highest BCUT2D eigenvalue weighted by atomic mass is 79.9. The number of aliphatic imine (C=N–C) groups is 1. The molecule has 0 aliphatic carbocycles. The first-order valence-corrected chi connectivity index (χ1v) is 9.58. The van der Waals surface area contributed by atoms with Crippen LogP contribution in [0.15, 0.2) is 34.1 Å². The van der Waals surface area contributed by atoms with Crippen LogP contribution in [0.1, 0.15) is 31.3 Å². The highest BCUT2D eigenvalue weighted by molar-refractivity contribution is 9.10. The molecule has 0 unspecified atom stereocenters. The minimum absolute atomic E-state index is 0.822. The van der Waals surface area contributed by atoms with Gasteiger partial charge in [-0.1, -0.05) is 0 Å². The van der Waals surface area contributed by atoms with Gasteiger partial charge in [0.25, 0.3) is 0 Å². The van der Waals surface area contributed by atoms with E-state index in [1.807, 2.05) is 19.3 Å². The van der Waals surface area contributed by atoms with Gasteiger partial charge in [0.1, 0.15) is 5.82 Å². The zero-order valence-electron chi connectivity index (χ0n) is 15.7. The first-order valence-electron chi connectivity index (χ1n) is 8.79. The highest BCUT2D eigenvalue weighted by Gasteiger charge is 2.09. The molecule has 0 amide bonds. The van der Waals surface area contributed by atoms with Crippen LogP contribution < -0.4 is 5.32 Å². The van der Waals surface area contributed by atoms with Crippen molar-refractivity contribution in [3.63, 3.8) is 0 Å². The summed E-state index contributed by atoms with van der Waals surface area (Å²) in [5, 5.41) is 3.38. The third-order valence-corrected chi connectivity index (χ3v) is 4.60. The number of imidazole rings is 1. The fourth-order valence-electron chi connectivity index (χ4n) is 2.73. The van der Waals surface area contributed by atoms with E-state index in [1.165, 1.54) is 5.69 Å². The van der Waals surface area contributed by atoms with Gasteiger partial charge >= 0.3 is 0 Å². The Hall–Kier alpha value is -1.76. The second kappa shape index (κ2) is 9.65. The molecule has 2 aromatic heterocycles. The molecule has 2 heterocycles. The molecule has 7 heteroatoms. The number of aryl methyl sites for hydroxylation is 3. The summed E-state index contributed by atoms with van der Waals surface area (Å²) >= 11 is 3.53. The maximum Gasteiger partial charge on any atom is 0.194 e. The number of nitrogens with zero attached hydrogens (tertiary/aromatic N) is 5. The molecule has 0 saturated heterocycles. The topological polar surface area (TPSA) is 50.4 Å². The molecule has 2 rings (SSSR count). The fourth-order valence-corrected chi connectivity index (χ4v) is 3.30. The summed E-state index contributed by atoms with van der Waals surface area (Å²) in [4.78, 5) is 11.2. The SMILES string of the molecule is CCNC(=NCCCCn1ccnc1C)N(C)Cc1cc(Br)cn1C. The van der Waals surface area contributed by atoms with Crippen molar-refractivity contribution in [3.8, 4) is 0 Å². The van der Waals surface area contributed by atoms with E-state index in [0.717, 1.165) is 55.3 Å². The zero-order chi connectivity index (χ0) is 18.2. The lowest BCUT2D eigenvalue weighted by atomic mass is 10.3. The van der Waals surface area contributed by atoms with Crippen LogP contribution in [-0.4, -0.2) is 45.1 Å². The van der Waals surface area contributed by atoms with Gasteiger partial charge in [0.15, 0.2) is 5.96 Å². The Labute approximate surface area is 159 Å². The number of hydrogen-bond acceptors (Lipinski definition) is 2. The standard InChI is InChI=1S/C18H29BrN6/c1-5-20-18(24(4)14-17-12-16(19)13-23(17)3)22-8-6-7-10-25-11-9-21-15(25)2/h9,11-13H,5-8,10,14H2,1-4H3,(H,20,22). The fraction of sp³-hybridized carbons (Fsp3) is 0.556. The Kier molecular flexibility index (Phi) is 7.55. The smallest absolute Gasteiger partial charge is 0.194 e. The first-order chi connectivity index (χ1) is 12.0. The van der Waals surface area contributed by atoms with Gasteiger partial charge < -0.3 is 19.4 Å². The summed E-state index contributed by atoms with van der Waals surface area (Å²) in [5.41, 5.74) is 1.25. The van der Waals surface area contributed by atoms with E-state index in [0.29, 0.717) is 0 Å². The van der Waals surface area contributed by atoms with Crippen LogP contribution in [0.2, 0.25) is 0 Å². The summed E-state index contributed by atoms with van der Waals surface area (Å²) in [5.74, 6) is 2.03. The van der Waals surface area contributed by atoms with Crippen molar-refractivity contribution in [2.24, 2.45) is 12.0 Å². The van der Waals surface area contributed by atoms with E-state index < -0.39 is 0 Å². The first kappa shape index (κ1) is 19.6. The largest absolute Gasteiger partial charge is 0.357 e. The molecule has 138 valence electrons. The Morgan fingerprint density at radius 3 is 2.80 bits per heavy atom. The van der Waals surface area contributed by atoms with Crippen LogP contribution >= 0.6 is 15.9 Å². The van der Waals surface area contributed by atoms with Crippen LogP contribution in [0.4, 0.5) is 0 Å². The molecule has 0 radical (unpaired) electrons. The van der Waals surface area contributed by atoms with Crippen molar-refractivity contribution in [1.82, 2.24) is 24.3 Å². The molecule has 0 aliphatic heterocycles. The third-order valence-electron chi connectivity index (χ3n) is 4.16. The molecule has 2 aromatic rings. The lowest BCUT2D eigenvalue weighted by Crippen LogP contribution is -2.38. The van der Waals surface area contributed by atoms with E-state index >= 15 is 0 Å². The second-order valence-corrected chi connectivity index (χ2v) is 7.14. The molecule has 0 aromatic carbocycles. The Morgan fingerprint density at radius 1 is 1.40 bits per heavy atom. The molecule has 0 saturated carbocycles. The predicted molar refractivity (Wildman–Crippen MR) is 107 cm³/mol. The van der Waals surface area contributed by atoms with Crippen LogP contribution in [0, 0.1) is 6.92 Å². The van der Waals surface area contributed by atoms with E-state index in [1.54, 1.807) is 0 Å². The van der Waals surface area contributed by atoms with Crippen LogP contribution in [0.25, 0.3) is 0 Å². The van der Waals surface area contributed by atoms with Crippen molar-refractivity contribution in [2.45, 2.75) is 39.8 Å². The van der Waals surface area contributed by atoms with E-state index in [4.69, 9.17) is 4.99 Å². The Morgan fingerprint density at radius 2 is 2.20 bits per heavy atom. The average molecular weight is 409 g/mol. The molecule has 0 spiro atoms. The summed E-state index contributed by atoms with van der Waals surface area (Å²) in [6, 6.07) is 2.15. The van der Waals surface area contributed by atoms with Crippen molar-refractivity contribution in [3.05, 3.63) is 40.6 Å². The van der Waals surface area contributed by atoms with Crippen LogP contribution in [0.5, 0.6) is 0 Å². The number of rotatable bonds is 8. The molecular weight excluding hydrogens is 380 g/mol. The minimum Gasteiger partial charge on any atom is -0.357 e. The monoisotopic (exact) mass is 408 g/mol. The lowest BCUT2D eigenvalue weighted by molar-refractivity contribution is 0.461. The predicted octanol–water partition coefficient (Wildman–Crippen LogP) is 3.17. The van der Waals surface area contributed by atoms with Crippen LogP contribution in [-0.2, 0) is 20.1 Å². The van der Waals surface area contributed by atoms with E-state index in [-0.39, 0.29) is 0 Å². The van der Waals surface area contributed by atoms with E-state index in [2.05, 4.69) is 73.5 Å². The maximum absolute atomic E-state index is 4.77. The van der Waals surface area contributed by atoms with Gasteiger partial charge in [0.05, 0.1) is 6.54 Å². The van der Waals surface area contributed by atoms with Crippen molar-refractivity contribution in [1.29, 1.82) is 0 Å². The maximum atomic E-state index is 4.77. The van der Waals surface area contributed by atoms with Gasteiger partial charge in [0, 0.05) is 62.5 Å². The normalized spacial score (nSPS) is 11.8. The number of unbranched alkanes of at least 4 members (excludes halogenated alkanes) is 1. The van der Waals surface area contributed by atoms with Crippen LogP contribution in [0.3, 0.4) is 0 Å². The van der Waals surface area contributed by atoms with Gasteiger partial charge in [-0.25, -0.2) is 4.98 Å². The zero-order valence-corrected chi connectivity index (χ0v) is 17.3.